The van der Waals surface area contributed by atoms with E-state index in [4.69, 9.17) is 0 Å². The van der Waals surface area contributed by atoms with E-state index in [9.17, 15) is 39.6 Å². The number of hydrogen-bond donors (Lipinski definition) is 3. The van der Waals surface area contributed by atoms with Gasteiger partial charge in [-0.2, -0.15) is 13.2 Å². The summed E-state index contributed by atoms with van der Waals surface area (Å²) in [6.45, 7) is 1.40. The van der Waals surface area contributed by atoms with Crippen molar-refractivity contribution in [1.29, 1.82) is 0 Å². The van der Waals surface area contributed by atoms with Crippen molar-refractivity contribution in [3.8, 4) is 0 Å². The molecule has 0 fully saturated rings. The predicted octanol–water partition coefficient (Wildman–Crippen LogP) is 5.34. The van der Waals surface area contributed by atoms with Gasteiger partial charge in [-0.25, -0.2) is 31.5 Å². The molecule has 20 heteroatoms. The molecule has 0 saturated heterocycles. The number of amides is 2. The van der Waals surface area contributed by atoms with Gasteiger partial charge in [0.15, 0.2) is 10.3 Å². The maximum Gasteiger partial charge on any atom is 0.501 e. The Morgan fingerprint density at radius 3 is 2.49 bits per heavy atom. The van der Waals surface area contributed by atoms with Crippen LogP contribution < -0.4 is 20.3 Å². The zero-order valence-corrected chi connectivity index (χ0v) is 31.4. The number of para-hydroxylation sites is 1. The van der Waals surface area contributed by atoms with Crippen molar-refractivity contribution < 1.29 is 39.6 Å². The highest BCUT2D eigenvalue weighted by Crippen LogP contribution is 2.36. The van der Waals surface area contributed by atoms with E-state index >= 15 is 0 Å². The molecule has 3 aromatic carbocycles. The second kappa shape index (κ2) is 15.0. The van der Waals surface area contributed by atoms with E-state index < -0.39 is 46.8 Å². The van der Waals surface area contributed by atoms with Crippen LogP contribution >= 0.6 is 22.7 Å². The van der Waals surface area contributed by atoms with Crippen molar-refractivity contribution in [1.82, 2.24) is 19.6 Å². The Morgan fingerprint density at radius 2 is 1.75 bits per heavy atom. The fraction of sp³-hybridized carbons (Fsp3) is 0.273. The molecule has 0 unspecified atom stereocenters. The Bertz CT molecular complexity index is 2380. The zero-order chi connectivity index (χ0) is 38.1. The molecular weight excluding hydrogens is 776 g/mol. The van der Waals surface area contributed by atoms with Crippen LogP contribution in [0.1, 0.15) is 38.4 Å². The second-order valence-corrected chi connectivity index (χ2v) is 17.7. The first kappa shape index (κ1) is 38.1. The Kier molecular flexibility index (Phi) is 10.8. The lowest BCUT2D eigenvalue weighted by atomic mass is 9.94. The molecule has 3 N–H and O–H groups in total. The van der Waals surface area contributed by atoms with Crippen molar-refractivity contribution >= 4 is 80.5 Å². The number of alkyl halides is 3. The monoisotopic (exact) mass is 807 g/mol. The molecular formula is C33H32F3N7O6S4. The molecule has 2 aromatic heterocycles. The molecule has 53 heavy (non-hydrogen) atoms. The van der Waals surface area contributed by atoms with Gasteiger partial charge in [0.25, 0.3) is 31.7 Å². The van der Waals surface area contributed by atoms with Gasteiger partial charge in [-0.1, -0.05) is 35.6 Å². The van der Waals surface area contributed by atoms with Gasteiger partial charge in [0.1, 0.15) is 10.6 Å². The standard InChI is InChI=1S/C33H32F3N7O6S4/c1-42(2)15-6-14-37-25-12-11-21(17-28(25)52(46,47)33(34,35)36)53(48,49)41-30(45)26-19-50-32(39-26)43-16-13-20-7-5-8-22(23(20)18-43)29(44)40-31-38-24-9-3-4-10-27(24)51-31/h3-5,7-12,17,19,37H,6,13-16,18H2,1-2H3,(H,41,45)(H,38,40,44). The van der Waals surface area contributed by atoms with Crippen molar-refractivity contribution in [3.05, 3.63) is 88.4 Å². The molecule has 1 aliphatic rings. The van der Waals surface area contributed by atoms with Gasteiger partial charge < -0.3 is 15.1 Å². The van der Waals surface area contributed by atoms with Gasteiger partial charge in [-0.05, 0) is 81.0 Å². The number of nitrogens with one attached hydrogen (secondary N) is 3. The fourth-order valence-electron chi connectivity index (χ4n) is 5.58. The number of benzene rings is 3. The number of halogens is 3. The van der Waals surface area contributed by atoms with Gasteiger partial charge in [-0.3, -0.25) is 14.9 Å². The summed E-state index contributed by atoms with van der Waals surface area (Å²) >= 11 is 2.41. The molecule has 0 spiro atoms. The second-order valence-electron chi connectivity index (χ2n) is 12.2. The molecule has 0 aliphatic carbocycles. The molecule has 13 nitrogen and oxygen atoms in total. The van der Waals surface area contributed by atoms with Crippen LogP contribution in [0, 0.1) is 0 Å². The first-order chi connectivity index (χ1) is 25.0. The molecule has 0 bridgehead atoms. The lowest BCUT2D eigenvalue weighted by molar-refractivity contribution is -0.0435. The predicted molar refractivity (Wildman–Crippen MR) is 197 cm³/mol. The van der Waals surface area contributed by atoms with E-state index in [-0.39, 0.29) is 24.7 Å². The first-order valence-corrected chi connectivity index (χ1v) is 20.6. The van der Waals surface area contributed by atoms with Crippen LogP contribution in [0.4, 0.5) is 29.1 Å². The summed E-state index contributed by atoms with van der Waals surface area (Å²) in [6, 6.07) is 15.1. The highest BCUT2D eigenvalue weighted by molar-refractivity contribution is 7.92. The van der Waals surface area contributed by atoms with Gasteiger partial charge in [0.05, 0.1) is 20.8 Å². The molecule has 2 amide bonds. The third-order valence-corrected chi connectivity index (χ3v) is 12.9. The Balaban J connectivity index is 1.17. The van der Waals surface area contributed by atoms with E-state index in [1.807, 2.05) is 40.1 Å². The van der Waals surface area contributed by atoms with Crippen molar-refractivity contribution in [2.24, 2.45) is 0 Å². The van der Waals surface area contributed by atoms with Crippen LogP contribution in [0.25, 0.3) is 10.2 Å². The molecule has 0 saturated carbocycles. The number of nitrogens with zero attached hydrogens (tertiary/aromatic N) is 4. The van der Waals surface area contributed by atoms with Gasteiger partial charge >= 0.3 is 5.51 Å². The Hall–Kier alpha value is -4.63. The number of thiazole rings is 2. The summed E-state index contributed by atoms with van der Waals surface area (Å²) in [5.74, 6) is -1.52. The van der Waals surface area contributed by atoms with Crippen LogP contribution in [-0.4, -0.2) is 82.8 Å². The van der Waals surface area contributed by atoms with Crippen molar-refractivity contribution in [2.75, 3.05) is 49.3 Å². The average molecular weight is 808 g/mol. The van der Waals surface area contributed by atoms with Crippen molar-refractivity contribution in [3.63, 3.8) is 0 Å². The third-order valence-electron chi connectivity index (χ3n) is 8.21. The summed E-state index contributed by atoms with van der Waals surface area (Å²) in [7, 11) is -7.26. The molecule has 5 aromatic rings. The van der Waals surface area contributed by atoms with E-state index in [0.29, 0.717) is 47.8 Å². The molecule has 6 rings (SSSR count). The highest BCUT2D eigenvalue weighted by atomic mass is 32.2. The summed E-state index contributed by atoms with van der Waals surface area (Å²) in [6.07, 6.45) is 1.01. The topological polar surface area (TPSA) is 171 Å². The minimum atomic E-state index is -5.98. The zero-order valence-electron chi connectivity index (χ0n) is 28.1. The minimum Gasteiger partial charge on any atom is -0.384 e. The van der Waals surface area contributed by atoms with Crippen LogP contribution in [-0.2, 0) is 32.8 Å². The summed E-state index contributed by atoms with van der Waals surface area (Å²) in [5, 5.41) is 7.65. The Morgan fingerprint density at radius 1 is 0.981 bits per heavy atom. The molecule has 0 atom stereocenters. The molecule has 280 valence electrons. The van der Waals surface area contributed by atoms with E-state index in [2.05, 4.69) is 20.6 Å². The highest BCUT2D eigenvalue weighted by Gasteiger charge is 2.48. The minimum absolute atomic E-state index is 0.106. The van der Waals surface area contributed by atoms with Gasteiger partial charge in [0.2, 0.25) is 0 Å². The lowest BCUT2D eigenvalue weighted by Crippen LogP contribution is -2.33. The number of aromatic nitrogens is 2. The number of carbonyl (C=O) groups excluding carboxylic acids is 2. The SMILES string of the molecule is CN(C)CCCNc1ccc(S(=O)(=O)NC(=O)c2csc(N3CCc4cccc(C(=O)Nc5nc6ccccc6s5)c4C3)n2)cc1S(=O)(=O)C(F)(F)F. The van der Waals surface area contributed by atoms with E-state index in [0.717, 1.165) is 44.8 Å². The van der Waals surface area contributed by atoms with Gasteiger partial charge in [0, 0.05) is 30.6 Å². The summed E-state index contributed by atoms with van der Waals surface area (Å²) in [5.41, 5.74) is -3.53. The number of fused-ring (bicyclic) bond motifs is 2. The number of carbonyl (C=O) groups is 2. The van der Waals surface area contributed by atoms with E-state index in [1.54, 1.807) is 31.0 Å². The van der Waals surface area contributed by atoms with Crippen LogP contribution in [0.5, 0.6) is 0 Å². The number of rotatable bonds is 12. The van der Waals surface area contributed by atoms with E-state index in [1.165, 1.54) is 16.7 Å². The maximum atomic E-state index is 13.6. The Labute approximate surface area is 310 Å². The number of sulfonamides is 1. The number of hydrogen-bond acceptors (Lipinski definition) is 13. The quantitative estimate of drug-likeness (QED) is 0.139. The fourth-order valence-corrected chi connectivity index (χ4v) is 9.29. The van der Waals surface area contributed by atoms with Crippen LogP contribution in [0.3, 0.4) is 0 Å². The maximum absolute atomic E-state index is 13.6. The van der Waals surface area contributed by atoms with Gasteiger partial charge in [-0.15, -0.1) is 11.3 Å². The summed E-state index contributed by atoms with van der Waals surface area (Å²) in [4.78, 5) is 36.8. The first-order valence-electron chi connectivity index (χ1n) is 15.9. The molecule has 1 aliphatic heterocycles. The average Bonchev–Trinajstić information content (AvgIpc) is 3.76. The smallest absolute Gasteiger partial charge is 0.384 e. The van der Waals surface area contributed by atoms with Crippen molar-refractivity contribution in [2.45, 2.75) is 34.7 Å². The number of anilines is 3. The largest absolute Gasteiger partial charge is 0.501 e. The third kappa shape index (κ3) is 8.30. The van der Waals surface area contributed by atoms with Crippen LogP contribution in [0.15, 0.2) is 75.8 Å². The normalized spacial score (nSPS) is 13.6. The molecule has 0 radical (unpaired) electrons. The van der Waals surface area contributed by atoms with Crippen LogP contribution in [0.2, 0.25) is 0 Å². The summed E-state index contributed by atoms with van der Waals surface area (Å²) < 4.78 is 94.8. The number of sulfone groups is 1. The lowest BCUT2D eigenvalue weighted by Gasteiger charge is -2.29. The molecule has 3 heterocycles.